The normalized spacial score (nSPS) is 10.6. The number of furan rings is 1. The summed E-state index contributed by atoms with van der Waals surface area (Å²) in [6.45, 7) is 0. The number of carbonyl (C=O) groups is 1. The summed E-state index contributed by atoms with van der Waals surface area (Å²) in [6, 6.07) is 3.94. The molecular formula is C9H4ClFO2. The summed E-state index contributed by atoms with van der Waals surface area (Å²) in [5.74, 6) is -0.426. The molecule has 66 valence electrons. The summed E-state index contributed by atoms with van der Waals surface area (Å²) in [4.78, 5) is 10.9. The van der Waals surface area contributed by atoms with E-state index in [1.165, 1.54) is 24.5 Å². The van der Waals surface area contributed by atoms with E-state index in [0.29, 0.717) is 0 Å². The van der Waals surface area contributed by atoms with Crippen molar-refractivity contribution in [2.24, 2.45) is 0 Å². The Bertz CT molecular complexity index is 475. The Kier molecular flexibility index (Phi) is 1.81. The Morgan fingerprint density at radius 2 is 2.15 bits per heavy atom. The molecule has 0 bridgehead atoms. The van der Waals surface area contributed by atoms with E-state index in [0.717, 1.165) is 0 Å². The predicted octanol–water partition coefficient (Wildman–Crippen LogP) is 2.95. The van der Waals surface area contributed by atoms with Crippen LogP contribution in [0.4, 0.5) is 4.39 Å². The minimum absolute atomic E-state index is 0.183. The molecular weight excluding hydrogens is 195 g/mol. The van der Waals surface area contributed by atoms with Crippen molar-refractivity contribution in [2.45, 2.75) is 0 Å². The van der Waals surface area contributed by atoms with E-state index in [-0.39, 0.29) is 16.5 Å². The van der Waals surface area contributed by atoms with Crippen molar-refractivity contribution in [3.63, 3.8) is 0 Å². The Labute approximate surface area is 77.9 Å². The number of carbonyl (C=O) groups excluding carboxylic acids is 1. The summed E-state index contributed by atoms with van der Waals surface area (Å²) < 4.78 is 18.0. The van der Waals surface area contributed by atoms with Gasteiger partial charge in [-0.25, -0.2) is 4.39 Å². The lowest BCUT2D eigenvalue weighted by Crippen LogP contribution is -1.90. The maximum atomic E-state index is 13.0. The first-order valence-corrected chi connectivity index (χ1v) is 3.93. The molecule has 0 amide bonds. The number of hydrogen-bond donors (Lipinski definition) is 0. The number of fused-ring (bicyclic) bond motifs is 1. The summed E-state index contributed by atoms with van der Waals surface area (Å²) >= 11 is 5.27. The summed E-state index contributed by atoms with van der Waals surface area (Å²) in [7, 11) is 0. The number of rotatable bonds is 1. The van der Waals surface area contributed by atoms with Gasteiger partial charge in [0.05, 0.1) is 17.2 Å². The predicted molar refractivity (Wildman–Crippen MR) is 46.4 cm³/mol. The zero-order valence-electron chi connectivity index (χ0n) is 6.38. The van der Waals surface area contributed by atoms with Gasteiger partial charge < -0.3 is 4.42 Å². The molecule has 1 heterocycles. The van der Waals surface area contributed by atoms with Crippen LogP contribution in [-0.2, 0) is 0 Å². The molecule has 0 atom stereocenters. The quantitative estimate of drug-likeness (QED) is 0.660. The monoisotopic (exact) mass is 198 g/mol. The molecule has 0 N–H and O–H groups in total. The van der Waals surface area contributed by atoms with Crippen LogP contribution in [0.25, 0.3) is 11.0 Å². The van der Waals surface area contributed by atoms with Gasteiger partial charge in [-0.15, -0.1) is 0 Å². The molecule has 0 aliphatic carbocycles. The third-order valence-corrected chi connectivity index (χ3v) is 1.98. The smallest absolute Gasteiger partial charge is 0.256 e. The maximum Gasteiger partial charge on any atom is 0.256 e. The van der Waals surface area contributed by atoms with Crippen LogP contribution >= 0.6 is 11.6 Å². The molecule has 0 fully saturated rings. The molecule has 0 unspecified atom stereocenters. The van der Waals surface area contributed by atoms with Crippen LogP contribution in [0.15, 0.2) is 28.9 Å². The highest BCUT2D eigenvalue weighted by Gasteiger charge is 2.12. The first-order valence-electron chi connectivity index (χ1n) is 3.55. The second-order valence-corrected chi connectivity index (χ2v) is 2.88. The van der Waals surface area contributed by atoms with E-state index >= 15 is 0 Å². The molecule has 1 aromatic heterocycles. The van der Waals surface area contributed by atoms with Crippen molar-refractivity contribution in [3.05, 3.63) is 35.8 Å². The van der Waals surface area contributed by atoms with Gasteiger partial charge >= 0.3 is 0 Å². The van der Waals surface area contributed by atoms with Gasteiger partial charge in [-0.05, 0) is 29.8 Å². The van der Waals surface area contributed by atoms with Crippen molar-refractivity contribution in [1.29, 1.82) is 0 Å². The van der Waals surface area contributed by atoms with Crippen LogP contribution in [0, 0.1) is 5.82 Å². The second-order valence-electron chi connectivity index (χ2n) is 2.53. The second kappa shape index (κ2) is 2.85. The average molecular weight is 199 g/mol. The van der Waals surface area contributed by atoms with Gasteiger partial charge in [0, 0.05) is 0 Å². The standard InChI is InChI=1S/C9H4ClFO2/c10-9(12)6-1-2-7(11)5-3-4-13-8(5)6/h1-4H. The van der Waals surface area contributed by atoms with Gasteiger partial charge in [-0.3, -0.25) is 4.79 Å². The van der Waals surface area contributed by atoms with E-state index in [1.807, 2.05) is 0 Å². The largest absolute Gasteiger partial charge is 0.463 e. The molecule has 0 aliphatic heterocycles. The molecule has 0 radical (unpaired) electrons. The third-order valence-electron chi connectivity index (χ3n) is 1.78. The van der Waals surface area contributed by atoms with E-state index in [1.54, 1.807) is 0 Å². The Morgan fingerprint density at radius 3 is 2.85 bits per heavy atom. The lowest BCUT2D eigenvalue weighted by atomic mass is 10.1. The average Bonchev–Trinajstić information content (AvgIpc) is 2.53. The lowest BCUT2D eigenvalue weighted by molar-refractivity contribution is 0.108. The van der Waals surface area contributed by atoms with E-state index in [9.17, 15) is 9.18 Å². The first kappa shape index (κ1) is 8.26. The van der Waals surface area contributed by atoms with Gasteiger partial charge in [-0.2, -0.15) is 0 Å². The van der Waals surface area contributed by atoms with E-state index in [4.69, 9.17) is 16.0 Å². The minimum atomic E-state index is -0.653. The number of halogens is 2. The van der Waals surface area contributed by atoms with Crippen LogP contribution in [0.1, 0.15) is 10.4 Å². The number of hydrogen-bond acceptors (Lipinski definition) is 2. The highest BCUT2D eigenvalue weighted by Crippen LogP contribution is 2.23. The van der Waals surface area contributed by atoms with Gasteiger partial charge in [0.1, 0.15) is 11.4 Å². The Hall–Kier alpha value is -1.35. The molecule has 0 saturated carbocycles. The Balaban J connectivity index is 2.86. The van der Waals surface area contributed by atoms with Gasteiger partial charge in [0.25, 0.3) is 5.24 Å². The Morgan fingerprint density at radius 1 is 1.38 bits per heavy atom. The molecule has 0 saturated heterocycles. The molecule has 0 spiro atoms. The summed E-state index contributed by atoms with van der Waals surface area (Å²) in [5.41, 5.74) is 0.378. The summed E-state index contributed by atoms with van der Waals surface area (Å²) in [5, 5.41) is -0.383. The molecule has 1 aromatic carbocycles. The van der Waals surface area contributed by atoms with Crippen molar-refractivity contribution in [3.8, 4) is 0 Å². The van der Waals surface area contributed by atoms with E-state index < -0.39 is 11.1 Å². The van der Waals surface area contributed by atoms with Crippen LogP contribution in [0.3, 0.4) is 0 Å². The van der Waals surface area contributed by atoms with Crippen LogP contribution in [0.5, 0.6) is 0 Å². The van der Waals surface area contributed by atoms with Crippen molar-refractivity contribution >= 4 is 27.8 Å². The zero-order chi connectivity index (χ0) is 9.42. The molecule has 13 heavy (non-hydrogen) atoms. The minimum Gasteiger partial charge on any atom is -0.463 e. The fourth-order valence-electron chi connectivity index (χ4n) is 1.18. The van der Waals surface area contributed by atoms with Gasteiger partial charge in [0.15, 0.2) is 0 Å². The van der Waals surface area contributed by atoms with E-state index in [2.05, 4.69) is 0 Å². The topological polar surface area (TPSA) is 30.2 Å². The third kappa shape index (κ3) is 1.21. The lowest BCUT2D eigenvalue weighted by Gasteiger charge is -1.95. The van der Waals surface area contributed by atoms with Crippen molar-refractivity contribution < 1.29 is 13.6 Å². The molecule has 0 aliphatic rings. The van der Waals surface area contributed by atoms with Crippen LogP contribution in [-0.4, -0.2) is 5.24 Å². The van der Waals surface area contributed by atoms with Gasteiger partial charge in [0.2, 0.25) is 0 Å². The first-order chi connectivity index (χ1) is 6.20. The zero-order valence-corrected chi connectivity index (χ0v) is 7.14. The van der Waals surface area contributed by atoms with Gasteiger partial charge in [-0.1, -0.05) is 0 Å². The van der Waals surface area contributed by atoms with Crippen molar-refractivity contribution in [1.82, 2.24) is 0 Å². The SMILES string of the molecule is O=C(Cl)c1ccc(F)c2ccoc12. The summed E-state index contributed by atoms with van der Waals surface area (Å²) in [6.07, 6.45) is 1.32. The highest BCUT2D eigenvalue weighted by atomic mass is 35.5. The highest BCUT2D eigenvalue weighted by molar-refractivity contribution is 6.68. The molecule has 2 nitrogen and oxygen atoms in total. The molecule has 2 aromatic rings. The fourth-order valence-corrected chi connectivity index (χ4v) is 1.33. The number of benzene rings is 1. The maximum absolute atomic E-state index is 13.0. The van der Waals surface area contributed by atoms with Crippen LogP contribution in [0.2, 0.25) is 0 Å². The molecule has 4 heteroatoms. The van der Waals surface area contributed by atoms with Crippen LogP contribution < -0.4 is 0 Å². The molecule has 2 rings (SSSR count). The van der Waals surface area contributed by atoms with Crippen molar-refractivity contribution in [2.75, 3.05) is 0 Å². The fraction of sp³-hybridized carbons (Fsp3) is 0.